The molecule has 0 aliphatic rings. The Morgan fingerprint density at radius 3 is 2.20 bits per heavy atom. The monoisotopic (exact) mass is 295 g/mol. The molecule has 102 valence electrons. The van der Waals surface area contributed by atoms with Crippen molar-refractivity contribution >= 4 is 23.0 Å². The molecule has 2 rings (SSSR count). The van der Waals surface area contributed by atoms with Gasteiger partial charge in [-0.15, -0.1) is 0 Å². The van der Waals surface area contributed by atoms with E-state index in [9.17, 15) is 20.2 Å². The third-order valence-electron chi connectivity index (χ3n) is 2.27. The molecule has 8 nitrogen and oxygen atoms in total. The molecule has 0 N–H and O–H groups in total. The number of non-ortho nitro benzene ring substituents is 1. The number of aromatic nitrogens is 1. The normalized spacial score (nSPS) is 10.1. The molecular weight excluding hydrogens is 290 g/mol. The first-order valence-corrected chi connectivity index (χ1v) is 5.57. The highest BCUT2D eigenvalue weighted by atomic mass is 35.5. The van der Waals surface area contributed by atoms with Crippen molar-refractivity contribution in [1.29, 1.82) is 0 Å². The molecule has 2 aromatic rings. The van der Waals surface area contributed by atoms with Crippen molar-refractivity contribution in [2.24, 2.45) is 0 Å². The van der Waals surface area contributed by atoms with Gasteiger partial charge in [-0.1, -0.05) is 11.6 Å². The predicted molar refractivity (Wildman–Crippen MR) is 69.1 cm³/mol. The van der Waals surface area contributed by atoms with E-state index in [0.717, 1.165) is 12.3 Å². The summed E-state index contributed by atoms with van der Waals surface area (Å²) >= 11 is 5.84. The second-order valence-corrected chi connectivity index (χ2v) is 3.99. The van der Waals surface area contributed by atoms with Crippen molar-refractivity contribution in [3.8, 4) is 11.6 Å². The van der Waals surface area contributed by atoms with Crippen molar-refractivity contribution in [2.75, 3.05) is 0 Å². The first-order valence-electron chi connectivity index (χ1n) is 5.19. The summed E-state index contributed by atoms with van der Waals surface area (Å²) in [4.78, 5) is 23.6. The van der Waals surface area contributed by atoms with Crippen LogP contribution in [0.5, 0.6) is 11.6 Å². The van der Waals surface area contributed by atoms with E-state index in [1.54, 1.807) is 0 Å². The molecule has 0 saturated carbocycles. The molecule has 1 heterocycles. The van der Waals surface area contributed by atoms with Crippen molar-refractivity contribution < 1.29 is 14.6 Å². The lowest BCUT2D eigenvalue weighted by atomic mass is 10.3. The molecule has 9 heteroatoms. The summed E-state index contributed by atoms with van der Waals surface area (Å²) in [6.45, 7) is 0. The molecule has 0 spiro atoms. The molecule has 0 aliphatic carbocycles. The topological polar surface area (TPSA) is 108 Å². The number of rotatable bonds is 4. The smallest absolute Gasteiger partial charge is 0.287 e. The zero-order valence-corrected chi connectivity index (χ0v) is 10.5. The molecule has 0 saturated heterocycles. The van der Waals surface area contributed by atoms with Crippen LogP contribution < -0.4 is 4.74 Å². The standard InChI is InChI=1S/C11H6ClN3O5/c12-9-5-7(14(16)17)1-3-10(9)20-11-4-2-8(6-13-11)15(18)19/h1-6H. The van der Waals surface area contributed by atoms with E-state index in [1.807, 2.05) is 0 Å². The van der Waals surface area contributed by atoms with E-state index in [0.29, 0.717) is 0 Å². The zero-order valence-electron chi connectivity index (χ0n) is 9.72. The minimum Gasteiger partial charge on any atom is -0.437 e. The number of hydrogen-bond donors (Lipinski definition) is 0. The van der Waals surface area contributed by atoms with Crippen molar-refractivity contribution in [1.82, 2.24) is 4.98 Å². The highest BCUT2D eigenvalue weighted by Gasteiger charge is 2.12. The van der Waals surface area contributed by atoms with E-state index in [4.69, 9.17) is 16.3 Å². The summed E-state index contributed by atoms with van der Waals surface area (Å²) in [5.41, 5.74) is -0.342. The fraction of sp³-hybridized carbons (Fsp3) is 0. The van der Waals surface area contributed by atoms with Gasteiger partial charge in [-0.2, -0.15) is 0 Å². The first-order chi connectivity index (χ1) is 9.47. The Labute approximate surface area is 116 Å². The van der Waals surface area contributed by atoms with Crippen LogP contribution in [0.25, 0.3) is 0 Å². The molecule has 0 fully saturated rings. The largest absolute Gasteiger partial charge is 0.437 e. The van der Waals surface area contributed by atoms with Gasteiger partial charge in [0.2, 0.25) is 5.88 Å². The Balaban J connectivity index is 2.21. The van der Waals surface area contributed by atoms with Crippen LogP contribution in [0.2, 0.25) is 5.02 Å². The van der Waals surface area contributed by atoms with Crippen LogP contribution >= 0.6 is 11.6 Å². The van der Waals surface area contributed by atoms with Gasteiger partial charge in [0.15, 0.2) is 0 Å². The first kappa shape index (κ1) is 13.7. The van der Waals surface area contributed by atoms with Crippen LogP contribution in [-0.2, 0) is 0 Å². The van der Waals surface area contributed by atoms with Gasteiger partial charge in [0.1, 0.15) is 11.9 Å². The molecule has 0 radical (unpaired) electrons. The summed E-state index contributed by atoms with van der Waals surface area (Å²) in [6.07, 6.45) is 1.04. The average molecular weight is 296 g/mol. The molecule has 20 heavy (non-hydrogen) atoms. The summed E-state index contributed by atoms with van der Waals surface area (Å²) in [5.74, 6) is 0.255. The number of nitrogens with zero attached hydrogens (tertiary/aromatic N) is 3. The number of hydrogen-bond acceptors (Lipinski definition) is 6. The fourth-order valence-electron chi connectivity index (χ4n) is 1.34. The minimum atomic E-state index is -0.588. The van der Waals surface area contributed by atoms with E-state index in [1.165, 1.54) is 24.3 Å². The molecule has 0 atom stereocenters. The number of ether oxygens (including phenoxy) is 1. The Hall–Kier alpha value is -2.74. The van der Waals surface area contributed by atoms with E-state index in [-0.39, 0.29) is 28.0 Å². The Kier molecular flexibility index (Phi) is 3.76. The molecule has 0 aliphatic heterocycles. The van der Waals surface area contributed by atoms with Gasteiger partial charge in [0, 0.05) is 24.3 Å². The Morgan fingerprint density at radius 1 is 1.05 bits per heavy atom. The van der Waals surface area contributed by atoms with Gasteiger partial charge in [-0.25, -0.2) is 4.98 Å². The summed E-state index contributed by atoms with van der Waals surface area (Å²) in [6, 6.07) is 6.22. The van der Waals surface area contributed by atoms with Crippen LogP contribution in [0.3, 0.4) is 0 Å². The van der Waals surface area contributed by atoms with Gasteiger partial charge in [0.05, 0.1) is 14.9 Å². The van der Waals surface area contributed by atoms with E-state index in [2.05, 4.69) is 4.98 Å². The lowest BCUT2D eigenvalue weighted by Crippen LogP contribution is -1.93. The number of nitro benzene ring substituents is 1. The maximum Gasteiger partial charge on any atom is 0.287 e. The zero-order chi connectivity index (χ0) is 14.7. The molecule has 0 amide bonds. The fourth-order valence-corrected chi connectivity index (χ4v) is 1.55. The highest BCUT2D eigenvalue weighted by molar-refractivity contribution is 6.32. The second-order valence-electron chi connectivity index (χ2n) is 3.59. The number of benzene rings is 1. The van der Waals surface area contributed by atoms with Crippen molar-refractivity contribution in [3.63, 3.8) is 0 Å². The average Bonchev–Trinajstić information content (AvgIpc) is 2.41. The van der Waals surface area contributed by atoms with Crippen LogP contribution in [0, 0.1) is 20.2 Å². The minimum absolute atomic E-state index is 0.0411. The third-order valence-corrected chi connectivity index (χ3v) is 2.57. The number of nitro groups is 2. The third kappa shape index (κ3) is 2.98. The van der Waals surface area contributed by atoms with Crippen LogP contribution in [0.4, 0.5) is 11.4 Å². The van der Waals surface area contributed by atoms with Gasteiger partial charge in [-0.05, 0) is 6.07 Å². The SMILES string of the molecule is O=[N+]([O-])c1ccc(Oc2ccc([N+](=O)[O-])cc2Cl)nc1. The lowest BCUT2D eigenvalue weighted by Gasteiger charge is -2.05. The maximum absolute atomic E-state index is 10.6. The van der Waals surface area contributed by atoms with E-state index >= 15 is 0 Å². The van der Waals surface area contributed by atoms with Crippen molar-refractivity contribution in [2.45, 2.75) is 0 Å². The van der Waals surface area contributed by atoms with E-state index < -0.39 is 9.85 Å². The Morgan fingerprint density at radius 2 is 1.70 bits per heavy atom. The van der Waals surface area contributed by atoms with Crippen molar-refractivity contribution in [3.05, 3.63) is 61.8 Å². The number of halogens is 1. The predicted octanol–water partition coefficient (Wildman–Crippen LogP) is 3.34. The van der Waals surface area contributed by atoms with Crippen LogP contribution in [0.15, 0.2) is 36.5 Å². The molecular formula is C11H6ClN3O5. The van der Waals surface area contributed by atoms with Crippen LogP contribution in [0.1, 0.15) is 0 Å². The maximum atomic E-state index is 10.6. The van der Waals surface area contributed by atoms with Gasteiger partial charge < -0.3 is 4.74 Å². The summed E-state index contributed by atoms with van der Waals surface area (Å²) in [5, 5.41) is 21.1. The quantitative estimate of drug-likeness (QED) is 0.632. The lowest BCUT2D eigenvalue weighted by molar-refractivity contribution is -0.385. The molecule has 0 unspecified atom stereocenters. The highest BCUT2D eigenvalue weighted by Crippen LogP contribution is 2.31. The summed E-state index contributed by atoms with van der Waals surface area (Å²) in [7, 11) is 0. The van der Waals surface area contributed by atoms with Gasteiger partial charge >= 0.3 is 0 Å². The van der Waals surface area contributed by atoms with Gasteiger partial charge in [-0.3, -0.25) is 20.2 Å². The second kappa shape index (κ2) is 5.49. The summed E-state index contributed by atoms with van der Waals surface area (Å²) < 4.78 is 5.29. The number of pyridine rings is 1. The Bertz CT molecular complexity index is 674. The molecule has 1 aromatic heterocycles. The van der Waals surface area contributed by atoms with Crippen LogP contribution in [-0.4, -0.2) is 14.8 Å². The van der Waals surface area contributed by atoms with Gasteiger partial charge in [0.25, 0.3) is 11.4 Å². The molecule has 1 aromatic carbocycles. The molecule has 0 bridgehead atoms.